The number of nitrogens with zero attached hydrogens (tertiary/aromatic N) is 1. The van der Waals surface area contributed by atoms with Gasteiger partial charge in [0.15, 0.2) is 0 Å². The highest BCUT2D eigenvalue weighted by Gasteiger charge is 2.35. The number of rotatable bonds is 5. The monoisotopic (exact) mass is 450 g/mol. The van der Waals surface area contributed by atoms with Crippen molar-refractivity contribution < 1.29 is 17.9 Å². The van der Waals surface area contributed by atoms with E-state index < -0.39 is 15.9 Å². The van der Waals surface area contributed by atoms with Gasteiger partial charge in [-0.3, -0.25) is 4.79 Å². The number of anilines is 1. The summed E-state index contributed by atoms with van der Waals surface area (Å²) >= 11 is 6.13. The van der Waals surface area contributed by atoms with Crippen LogP contribution in [0.2, 0.25) is 5.02 Å². The van der Waals surface area contributed by atoms with Gasteiger partial charge in [-0.15, -0.1) is 0 Å². The summed E-state index contributed by atoms with van der Waals surface area (Å²) in [5.41, 5.74) is 3.04. The van der Waals surface area contributed by atoms with Crippen LogP contribution >= 0.6 is 11.6 Å². The molecule has 1 aliphatic rings. The van der Waals surface area contributed by atoms with Crippen LogP contribution in [0.15, 0.2) is 35.2 Å². The van der Waals surface area contributed by atoms with Gasteiger partial charge in [0.25, 0.3) is 0 Å². The van der Waals surface area contributed by atoms with Crippen molar-refractivity contribution in [3.8, 4) is 5.75 Å². The van der Waals surface area contributed by atoms with Crippen LogP contribution in [0.3, 0.4) is 0 Å². The van der Waals surface area contributed by atoms with Crippen LogP contribution in [-0.4, -0.2) is 38.8 Å². The van der Waals surface area contributed by atoms with E-state index in [2.05, 4.69) is 5.32 Å². The zero-order valence-electron chi connectivity index (χ0n) is 17.7. The number of ether oxygens (including phenoxy) is 1. The highest BCUT2D eigenvalue weighted by Crippen LogP contribution is 2.30. The summed E-state index contributed by atoms with van der Waals surface area (Å²) in [5.74, 6) is -0.123. The molecule has 1 amide bonds. The Morgan fingerprint density at radius 1 is 1.17 bits per heavy atom. The fourth-order valence-electron chi connectivity index (χ4n) is 4.07. The molecule has 0 unspecified atom stereocenters. The van der Waals surface area contributed by atoms with Crippen LogP contribution in [-0.2, 0) is 14.8 Å². The standard InChI is InChI=1S/C22H27ClN2O4S/c1-14-10-15(2)21(16(3)11-14)30(27,28)25-9-5-6-17(13-25)22(26)24-18-7-8-20(29-4)19(23)12-18/h7-8,10-12,17H,5-6,9,13H2,1-4H3,(H,24,26)/t17-/m0/s1. The van der Waals surface area contributed by atoms with Crippen LogP contribution in [0.4, 0.5) is 5.69 Å². The number of hydrogen-bond acceptors (Lipinski definition) is 4. The van der Waals surface area contributed by atoms with Crippen LogP contribution in [0, 0.1) is 26.7 Å². The molecule has 0 spiro atoms. The Labute approximate surface area is 183 Å². The fraction of sp³-hybridized carbons (Fsp3) is 0.409. The van der Waals surface area contributed by atoms with Crippen molar-refractivity contribution in [3.05, 3.63) is 52.0 Å². The van der Waals surface area contributed by atoms with Gasteiger partial charge in [0.2, 0.25) is 15.9 Å². The molecule has 0 aromatic heterocycles. The number of amides is 1. The number of nitrogens with one attached hydrogen (secondary N) is 1. The third kappa shape index (κ3) is 4.63. The van der Waals surface area contributed by atoms with Gasteiger partial charge in [-0.2, -0.15) is 4.31 Å². The summed E-state index contributed by atoms with van der Waals surface area (Å²) in [7, 11) is -2.16. The second-order valence-electron chi connectivity index (χ2n) is 7.77. The summed E-state index contributed by atoms with van der Waals surface area (Å²) in [5, 5.41) is 3.24. The number of halogens is 1. The van der Waals surface area contributed by atoms with E-state index in [1.807, 2.05) is 32.9 Å². The van der Waals surface area contributed by atoms with Crippen molar-refractivity contribution in [2.45, 2.75) is 38.5 Å². The zero-order valence-corrected chi connectivity index (χ0v) is 19.2. The smallest absolute Gasteiger partial charge is 0.243 e. The lowest BCUT2D eigenvalue weighted by atomic mass is 9.98. The van der Waals surface area contributed by atoms with Gasteiger partial charge in [-0.25, -0.2) is 8.42 Å². The Morgan fingerprint density at radius 3 is 2.43 bits per heavy atom. The number of aryl methyl sites for hydroxylation is 3. The zero-order chi connectivity index (χ0) is 22.1. The SMILES string of the molecule is COc1ccc(NC(=O)[C@H]2CCCN(S(=O)(=O)c3c(C)cc(C)cc3C)C2)cc1Cl. The molecule has 1 aliphatic heterocycles. The lowest BCUT2D eigenvalue weighted by molar-refractivity contribution is -0.120. The summed E-state index contributed by atoms with van der Waals surface area (Å²) in [6.45, 7) is 6.14. The molecule has 6 nitrogen and oxygen atoms in total. The number of sulfonamides is 1. The highest BCUT2D eigenvalue weighted by molar-refractivity contribution is 7.89. The molecule has 0 saturated carbocycles. The molecule has 8 heteroatoms. The summed E-state index contributed by atoms with van der Waals surface area (Å²) in [6, 6.07) is 8.76. The second kappa shape index (κ2) is 8.96. The first-order valence-corrected chi connectivity index (χ1v) is 11.7. The number of carbonyl (C=O) groups is 1. The summed E-state index contributed by atoms with van der Waals surface area (Å²) in [6.07, 6.45) is 1.26. The fourth-order valence-corrected chi connectivity index (χ4v) is 6.26. The molecule has 1 saturated heterocycles. The summed E-state index contributed by atoms with van der Waals surface area (Å²) in [4.78, 5) is 13.2. The predicted octanol–water partition coefficient (Wildman–Crippen LogP) is 4.31. The van der Waals surface area contributed by atoms with Gasteiger partial charge in [0, 0.05) is 18.8 Å². The van der Waals surface area contributed by atoms with Gasteiger partial charge < -0.3 is 10.1 Å². The third-order valence-electron chi connectivity index (χ3n) is 5.38. The quantitative estimate of drug-likeness (QED) is 0.736. The Bertz CT molecular complexity index is 1050. The molecule has 2 aromatic carbocycles. The van der Waals surface area contributed by atoms with Crippen LogP contribution in [0.1, 0.15) is 29.5 Å². The van der Waals surface area contributed by atoms with E-state index in [4.69, 9.17) is 16.3 Å². The Balaban J connectivity index is 1.78. The molecule has 2 aromatic rings. The topological polar surface area (TPSA) is 75.7 Å². The Hall–Kier alpha value is -2.09. The van der Waals surface area contributed by atoms with Crippen molar-refractivity contribution in [2.75, 3.05) is 25.5 Å². The van der Waals surface area contributed by atoms with Crippen LogP contribution < -0.4 is 10.1 Å². The van der Waals surface area contributed by atoms with E-state index in [1.165, 1.54) is 11.4 Å². The van der Waals surface area contributed by atoms with Crippen LogP contribution in [0.5, 0.6) is 5.75 Å². The van der Waals surface area contributed by atoms with Crippen molar-refractivity contribution in [2.24, 2.45) is 5.92 Å². The van der Waals surface area contributed by atoms with E-state index in [1.54, 1.807) is 18.2 Å². The van der Waals surface area contributed by atoms with E-state index in [0.717, 1.165) is 16.7 Å². The predicted molar refractivity (Wildman–Crippen MR) is 119 cm³/mol. The maximum atomic E-state index is 13.3. The average Bonchev–Trinajstić information content (AvgIpc) is 2.67. The van der Waals surface area contributed by atoms with E-state index in [9.17, 15) is 13.2 Å². The molecule has 1 N–H and O–H groups in total. The van der Waals surface area contributed by atoms with E-state index in [-0.39, 0.29) is 12.5 Å². The second-order valence-corrected chi connectivity index (χ2v) is 10.1. The van der Waals surface area contributed by atoms with Gasteiger partial charge in [-0.1, -0.05) is 29.3 Å². The molecule has 1 heterocycles. The minimum atomic E-state index is -3.68. The lowest BCUT2D eigenvalue weighted by Crippen LogP contribution is -2.44. The van der Waals surface area contributed by atoms with E-state index in [0.29, 0.717) is 40.7 Å². The third-order valence-corrected chi connectivity index (χ3v) is 7.84. The van der Waals surface area contributed by atoms with Crippen molar-refractivity contribution in [3.63, 3.8) is 0 Å². The molecule has 1 fully saturated rings. The van der Waals surface area contributed by atoms with Crippen molar-refractivity contribution in [1.82, 2.24) is 4.31 Å². The Morgan fingerprint density at radius 2 is 1.83 bits per heavy atom. The maximum Gasteiger partial charge on any atom is 0.243 e. The first-order chi connectivity index (χ1) is 14.1. The number of benzene rings is 2. The average molecular weight is 451 g/mol. The first kappa shape index (κ1) is 22.6. The number of carbonyl (C=O) groups excluding carboxylic acids is 1. The summed E-state index contributed by atoms with van der Waals surface area (Å²) < 4.78 is 33.2. The number of piperidine rings is 1. The van der Waals surface area contributed by atoms with Gasteiger partial charge in [0.05, 0.1) is 22.9 Å². The van der Waals surface area contributed by atoms with Gasteiger partial charge in [-0.05, 0) is 62.9 Å². The van der Waals surface area contributed by atoms with E-state index >= 15 is 0 Å². The first-order valence-electron chi connectivity index (χ1n) is 9.86. The molecule has 30 heavy (non-hydrogen) atoms. The van der Waals surface area contributed by atoms with Crippen molar-refractivity contribution >= 4 is 33.2 Å². The minimum Gasteiger partial charge on any atom is -0.495 e. The molecule has 162 valence electrons. The molecule has 1 atom stereocenters. The molecule has 3 rings (SSSR count). The maximum absolute atomic E-state index is 13.3. The molecule has 0 aliphatic carbocycles. The molecule has 0 bridgehead atoms. The minimum absolute atomic E-state index is 0.158. The van der Waals surface area contributed by atoms with Crippen molar-refractivity contribution in [1.29, 1.82) is 0 Å². The molecular weight excluding hydrogens is 424 g/mol. The Kier molecular flexibility index (Phi) is 6.75. The normalized spacial score (nSPS) is 17.6. The molecular formula is C22H27ClN2O4S. The molecule has 0 radical (unpaired) electrons. The highest BCUT2D eigenvalue weighted by atomic mass is 35.5. The largest absolute Gasteiger partial charge is 0.495 e. The van der Waals surface area contributed by atoms with Gasteiger partial charge >= 0.3 is 0 Å². The lowest BCUT2D eigenvalue weighted by Gasteiger charge is -2.32. The number of methoxy groups -OCH3 is 1. The van der Waals surface area contributed by atoms with Gasteiger partial charge in [0.1, 0.15) is 5.75 Å². The van der Waals surface area contributed by atoms with Crippen LogP contribution in [0.25, 0.3) is 0 Å². The number of hydrogen-bond donors (Lipinski definition) is 1.